The summed E-state index contributed by atoms with van der Waals surface area (Å²) in [5.74, 6) is 0.0900. The fourth-order valence-corrected chi connectivity index (χ4v) is 1.89. The molecule has 0 saturated heterocycles. The van der Waals surface area contributed by atoms with Crippen LogP contribution in [0.4, 0.5) is 5.69 Å². The van der Waals surface area contributed by atoms with Crippen molar-refractivity contribution in [3.05, 3.63) is 27.8 Å². The van der Waals surface area contributed by atoms with Gasteiger partial charge in [0.15, 0.2) is 11.5 Å². The number of amides is 1. The molecular formula is C14H21N3O5. The number of carbonyl (C=O) groups is 1. The Morgan fingerprint density at radius 1 is 1.41 bits per heavy atom. The largest absolute Gasteiger partial charge is 0.493 e. The molecule has 0 spiro atoms. The summed E-state index contributed by atoms with van der Waals surface area (Å²) in [5.41, 5.74) is -0.325. The Hall–Kier alpha value is -2.35. The zero-order valence-corrected chi connectivity index (χ0v) is 13.2. The minimum atomic E-state index is -0.596. The van der Waals surface area contributed by atoms with Crippen molar-refractivity contribution in [1.29, 1.82) is 0 Å². The van der Waals surface area contributed by atoms with E-state index in [9.17, 15) is 14.9 Å². The number of benzene rings is 1. The van der Waals surface area contributed by atoms with Gasteiger partial charge >= 0.3 is 0 Å². The third-order valence-corrected chi connectivity index (χ3v) is 3.05. The van der Waals surface area contributed by atoms with Crippen LogP contribution in [0.1, 0.15) is 17.3 Å². The molecule has 0 aliphatic rings. The van der Waals surface area contributed by atoms with Crippen molar-refractivity contribution in [2.24, 2.45) is 0 Å². The number of nitro benzene ring substituents is 1. The first-order chi connectivity index (χ1) is 10.5. The van der Waals surface area contributed by atoms with Crippen molar-refractivity contribution in [1.82, 2.24) is 10.2 Å². The van der Waals surface area contributed by atoms with Crippen molar-refractivity contribution in [3.63, 3.8) is 0 Å². The third-order valence-electron chi connectivity index (χ3n) is 3.05. The summed E-state index contributed by atoms with van der Waals surface area (Å²) in [6.07, 6.45) is 0. The second-order valence-electron chi connectivity index (χ2n) is 4.54. The zero-order chi connectivity index (χ0) is 16.7. The number of methoxy groups -OCH3 is 1. The van der Waals surface area contributed by atoms with Crippen LogP contribution in [0, 0.1) is 10.1 Å². The van der Waals surface area contributed by atoms with E-state index >= 15 is 0 Å². The summed E-state index contributed by atoms with van der Waals surface area (Å²) in [6, 6.07) is 2.57. The standard InChI is InChI=1S/C14H21N3O5/c1-5-22-13-9-11(17(19)20)10(8-12(13)21-4)14(18)16(3)7-6-15-2/h8-9,15H,5-7H2,1-4H3. The molecule has 0 bridgehead atoms. The smallest absolute Gasteiger partial charge is 0.286 e. The fourth-order valence-electron chi connectivity index (χ4n) is 1.89. The molecule has 0 heterocycles. The van der Waals surface area contributed by atoms with Crippen molar-refractivity contribution in [2.45, 2.75) is 6.92 Å². The molecule has 0 aromatic heterocycles. The van der Waals surface area contributed by atoms with Gasteiger partial charge in [-0.15, -0.1) is 0 Å². The average Bonchev–Trinajstić information content (AvgIpc) is 2.51. The van der Waals surface area contributed by atoms with Crippen LogP contribution in [-0.4, -0.2) is 56.6 Å². The molecule has 0 atom stereocenters. The number of nitro groups is 1. The Balaban J connectivity index is 3.26. The van der Waals surface area contributed by atoms with E-state index in [1.165, 1.54) is 24.1 Å². The van der Waals surface area contributed by atoms with Gasteiger partial charge in [0.2, 0.25) is 0 Å². The average molecular weight is 311 g/mol. The van der Waals surface area contributed by atoms with Gasteiger partial charge in [0.1, 0.15) is 5.56 Å². The molecular weight excluding hydrogens is 290 g/mol. The molecule has 22 heavy (non-hydrogen) atoms. The number of nitrogens with one attached hydrogen (secondary N) is 1. The van der Waals surface area contributed by atoms with Crippen LogP contribution in [0.25, 0.3) is 0 Å². The number of rotatable bonds is 8. The van der Waals surface area contributed by atoms with Gasteiger partial charge < -0.3 is 19.7 Å². The van der Waals surface area contributed by atoms with Crippen LogP contribution in [0.15, 0.2) is 12.1 Å². The van der Waals surface area contributed by atoms with E-state index in [1.54, 1.807) is 21.0 Å². The predicted octanol–water partition coefficient (Wildman–Crippen LogP) is 1.29. The summed E-state index contributed by atoms with van der Waals surface area (Å²) >= 11 is 0. The number of likely N-dealkylation sites (N-methyl/N-ethyl adjacent to an activating group) is 2. The Bertz CT molecular complexity index is 548. The molecule has 1 rings (SSSR count). The van der Waals surface area contributed by atoms with Crippen LogP contribution >= 0.6 is 0 Å². The van der Waals surface area contributed by atoms with Crippen LogP contribution < -0.4 is 14.8 Å². The quantitative estimate of drug-likeness (QED) is 0.574. The molecule has 0 radical (unpaired) electrons. The molecule has 122 valence electrons. The topological polar surface area (TPSA) is 93.9 Å². The van der Waals surface area contributed by atoms with E-state index in [2.05, 4.69) is 5.32 Å². The van der Waals surface area contributed by atoms with Crippen molar-refractivity contribution in [2.75, 3.05) is 40.9 Å². The molecule has 1 aromatic carbocycles. The summed E-state index contributed by atoms with van der Waals surface area (Å²) in [7, 11) is 4.77. The van der Waals surface area contributed by atoms with E-state index in [1.807, 2.05) is 0 Å². The molecule has 8 heteroatoms. The number of hydrogen-bond acceptors (Lipinski definition) is 6. The second-order valence-corrected chi connectivity index (χ2v) is 4.54. The van der Waals surface area contributed by atoms with Gasteiger partial charge in [0, 0.05) is 26.2 Å². The van der Waals surface area contributed by atoms with Crippen LogP contribution in [0.2, 0.25) is 0 Å². The summed E-state index contributed by atoms with van der Waals surface area (Å²) in [5, 5.41) is 14.2. The maximum absolute atomic E-state index is 12.4. The molecule has 0 aliphatic heterocycles. The molecule has 1 N–H and O–H groups in total. The highest BCUT2D eigenvalue weighted by Crippen LogP contribution is 2.35. The molecule has 8 nitrogen and oxygen atoms in total. The SMILES string of the molecule is CCOc1cc([N+](=O)[O-])c(C(=O)N(C)CCNC)cc1OC. The van der Waals surface area contributed by atoms with E-state index in [-0.39, 0.29) is 22.7 Å². The number of carbonyl (C=O) groups excluding carboxylic acids is 1. The van der Waals surface area contributed by atoms with E-state index in [4.69, 9.17) is 9.47 Å². The van der Waals surface area contributed by atoms with Gasteiger partial charge in [-0.25, -0.2) is 0 Å². The molecule has 1 aromatic rings. The van der Waals surface area contributed by atoms with Crippen LogP contribution in [0.3, 0.4) is 0 Å². The number of nitrogens with zero attached hydrogens (tertiary/aromatic N) is 2. The Morgan fingerprint density at radius 3 is 2.59 bits per heavy atom. The van der Waals surface area contributed by atoms with Gasteiger partial charge in [-0.1, -0.05) is 0 Å². The Kier molecular flexibility index (Phi) is 6.58. The minimum absolute atomic E-state index is 0.0242. The lowest BCUT2D eigenvalue weighted by atomic mass is 10.1. The maximum Gasteiger partial charge on any atom is 0.286 e. The van der Waals surface area contributed by atoms with Gasteiger partial charge in [0.05, 0.1) is 24.7 Å². The molecule has 0 unspecified atom stereocenters. The normalized spacial score (nSPS) is 10.2. The van der Waals surface area contributed by atoms with Gasteiger partial charge in [-0.2, -0.15) is 0 Å². The lowest BCUT2D eigenvalue weighted by molar-refractivity contribution is -0.385. The zero-order valence-electron chi connectivity index (χ0n) is 13.2. The van der Waals surface area contributed by atoms with Crippen molar-refractivity contribution < 1.29 is 19.2 Å². The van der Waals surface area contributed by atoms with Gasteiger partial charge in [-0.05, 0) is 14.0 Å². The van der Waals surface area contributed by atoms with Gasteiger partial charge in [-0.3, -0.25) is 14.9 Å². The lowest BCUT2D eigenvalue weighted by Crippen LogP contribution is -2.33. The first-order valence-corrected chi connectivity index (χ1v) is 6.85. The summed E-state index contributed by atoms with van der Waals surface area (Å²) < 4.78 is 10.5. The highest BCUT2D eigenvalue weighted by atomic mass is 16.6. The van der Waals surface area contributed by atoms with Gasteiger partial charge in [0.25, 0.3) is 11.6 Å². The lowest BCUT2D eigenvalue weighted by Gasteiger charge is -2.18. The van der Waals surface area contributed by atoms with E-state index in [0.717, 1.165) is 0 Å². The summed E-state index contributed by atoms with van der Waals surface area (Å²) in [6.45, 7) is 3.12. The maximum atomic E-state index is 12.4. The first kappa shape index (κ1) is 17.7. The van der Waals surface area contributed by atoms with Crippen molar-refractivity contribution in [3.8, 4) is 11.5 Å². The molecule has 0 saturated carbocycles. The molecule has 0 aliphatic carbocycles. The minimum Gasteiger partial charge on any atom is -0.493 e. The predicted molar refractivity (Wildman–Crippen MR) is 81.7 cm³/mol. The number of ether oxygens (including phenoxy) is 2. The molecule has 1 amide bonds. The van der Waals surface area contributed by atoms with Crippen LogP contribution in [-0.2, 0) is 0 Å². The molecule has 0 fully saturated rings. The van der Waals surface area contributed by atoms with Crippen molar-refractivity contribution >= 4 is 11.6 Å². The number of hydrogen-bond donors (Lipinski definition) is 1. The third kappa shape index (κ3) is 4.08. The highest BCUT2D eigenvalue weighted by molar-refractivity contribution is 5.99. The Labute approximate surface area is 129 Å². The second kappa shape index (κ2) is 8.18. The van der Waals surface area contributed by atoms with E-state index in [0.29, 0.717) is 19.7 Å². The monoisotopic (exact) mass is 311 g/mol. The van der Waals surface area contributed by atoms with Crippen LogP contribution in [0.5, 0.6) is 11.5 Å². The summed E-state index contributed by atoms with van der Waals surface area (Å²) in [4.78, 5) is 24.5. The fraction of sp³-hybridized carbons (Fsp3) is 0.500. The first-order valence-electron chi connectivity index (χ1n) is 6.85. The Morgan fingerprint density at radius 2 is 2.09 bits per heavy atom. The highest BCUT2D eigenvalue weighted by Gasteiger charge is 2.26. The van der Waals surface area contributed by atoms with E-state index < -0.39 is 10.8 Å².